The van der Waals surface area contributed by atoms with Gasteiger partial charge < -0.3 is 0 Å². The molecule has 0 unspecified atom stereocenters. The third kappa shape index (κ3) is 4.72. The van der Waals surface area contributed by atoms with Crippen molar-refractivity contribution < 1.29 is 39.2 Å². The lowest BCUT2D eigenvalue weighted by molar-refractivity contribution is 0.366. The van der Waals surface area contributed by atoms with Gasteiger partial charge in [0, 0.05) is 5.56 Å². The summed E-state index contributed by atoms with van der Waals surface area (Å²) in [6, 6.07) is 6.89. The molecule has 4 aromatic rings. The number of benzene rings is 3. The second-order valence-electron chi connectivity index (χ2n) is 7.64. The van der Waals surface area contributed by atoms with E-state index in [-0.39, 0.29) is 22.3 Å². The fourth-order valence-corrected chi connectivity index (χ4v) is 4.14. The van der Waals surface area contributed by atoms with Crippen LogP contribution < -0.4 is 10.7 Å². The maximum absolute atomic E-state index is 14.5. The normalized spacial score (nSPS) is 11.7. The van der Waals surface area contributed by atoms with E-state index in [2.05, 4.69) is 5.10 Å². The first-order chi connectivity index (χ1) is 17.3. The molecule has 0 aliphatic heterocycles. The zero-order valence-electron chi connectivity index (χ0n) is 18.1. The van der Waals surface area contributed by atoms with Gasteiger partial charge in [-0.05, 0) is 35.4 Å². The van der Waals surface area contributed by atoms with Crippen LogP contribution >= 0.6 is 0 Å². The van der Waals surface area contributed by atoms with E-state index in [1.807, 2.05) is 0 Å². The molecule has 6 nitrogen and oxygen atoms in total. The molecule has 37 heavy (non-hydrogen) atoms. The molecule has 3 aromatic carbocycles. The van der Waals surface area contributed by atoms with E-state index in [0.717, 1.165) is 48.7 Å². The number of hydrogen-bond acceptors (Lipinski definition) is 4. The van der Waals surface area contributed by atoms with E-state index in [1.54, 1.807) is 0 Å². The first-order valence-electron chi connectivity index (χ1n) is 10.00. The third-order valence-corrected chi connectivity index (χ3v) is 6.28. The Kier molecular flexibility index (Phi) is 6.64. The topological polar surface area (TPSA) is 95.1 Å². The molecule has 2 N–H and O–H groups in total. The quantitative estimate of drug-likeness (QED) is 0.231. The Morgan fingerprint density at radius 3 is 1.86 bits per heavy atom. The summed E-state index contributed by atoms with van der Waals surface area (Å²) >= 11 is 0. The fraction of sp³-hybridized carbons (Fsp3) is 0.0435. The first-order valence-corrected chi connectivity index (χ1v) is 11.5. The summed E-state index contributed by atoms with van der Waals surface area (Å²) in [5.41, 5.74) is -2.97. The average molecular weight is 543 g/mol. The van der Waals surface area contributed by atoms with Crippen molar-refractivity contribution in [1.82, 2.24) is 9.78 Å². The summed E-state index contributed by atoms with van der Waals surface area (Å²) in [4.78, 5) is 12.5. The van der Waals surface area contributed by atoms with Gasteiger partial charge in [0.15, 0.2) is 23.3 Å². The second-order valence-corrected chi connectivity index (χ2v) is 9.17. The zero-order chi connectivity index (χ0) is 27.2. The molecule has 0 aliphatic rings. The van der Waals surface area contributed by atoms with Gasteiger partial charge >= 0.3 is 0 Å². The minimum absolute atomic E-state index is 0.0193. The smallest absolute Gasteiger partial charge is 0.267 e. The van der Waals surface area contributed by atoms with Crippen molar-refractivity contribution in [2.24, 2.45) is 5.14 Å². The summed E-state index contributed by atoms with van der Waals surface area (Å²) < 4.78 is 120. The highest BCUT2D eigenvalue weighted by atomic mass is 32.2. The molecule has 192 valence electrons. The molecule has 1 aromatic heterocycles. The van der Waals surface area contributed by atoms with Gasteiger partial charge in [-0.1, -0.05) is 18.2 Å². The van der Waals surface area contributed by atoms with Crippen LogP contribution in [0.1, 0.15) is 5.56 Å². The van der Waals surface area contributed by atoms with Gasteiger partial charge in [-0.2, -0.15) is 5.10 Å². The van der Waals surface area contributed by atoms with Crippen LogP contribution in [0.4, 0.5) is 30.7 Å². The Bertz CT molecular complexity index is 1690. The van der Waals surface area contributed by atoms with Gasteiger partial charge in [-0.3, -0.25) is 4.79 Å². The van der Waals surface area contributed by atoms with Crippen LogP contribution in [-0.2, 0) is 16.6 Å². The van der Waals surface area contributed by atoms with E-state index in [9.17, 15) is 43.9 Å². The molecule has 0 saturated carbocycles. The molecule has 0 bridgehead atoms. The molecular formula is C23H12F7N3O3S. The SMILES string of the molecule is NS(=O)(=O)c1ccc(-c2cnn(Cc3c(F)c(F)c(F)c(F)c3F)c(=O)c2-c2ccc(F)cc2)cc1F. The molecule has 0 saturated heterocycles. The minimum atomic E-state index is -4.42. The number of hydrogen-bond donors (Lipinski definition) is 1. The molecule has 1 heterocycles. The lowest BCUT2D eigenvalue weighted by Crippen LogP contribution is -2.27. The van der Waals surface area contributed by atoms with Crippen molar-refractivity contribution in [3.8, 4) is 22.3 Å². The van der Waals surface area contributed by atoms with E-state index >= 15 is 0 Å². The lowest BCUT2D eigenvalue weighted by Gasteiger charge is -2.14. The number of rotatable bonds is 5. The summed E-state index contributed by atoms with van der Waals surface area (Å²) in [5, 5.41) is 8.66. The van der Waals surface area contributed by atoms with Crippen LogP contribution in [0.5, 0.6) is 0 Å². The Morgan fingerprint density at radius 2 is 1.32 bits per heavy atom. The Morgan fingerprint density at radius 1 is 0.784 bits per heavy atom. The minimum Gasteiger partial charge on any atom is -0.267 e. The predicted molar refractivity (Wildman–Crippen MR) is 116 cm³/mol. The number of halogens is 7. The second kappa shape index (κ2) is 9.44. The van der Waals surface area contributed by atoms with Crippen molar-refractivity contribution >= 4 is 10.0 Å². The molecule has 0 aliphatic carbocycles. The average Bonchev–Trinajstić information content (AvgIpc) is 2.84. The largest absolute Gasteiger partial charge is 0.275 e. The van der Waals surface area contributed by atoms with Gasteiger partial charge in [0.25, 0.3) is 5.56 Å². The third-order valence-electron chi connectivity index (χ3n) is 5.33. The van der Waals surface area contributed by atoms with Gasteiger partial charge in [-0.15, -0.1) is 0 Å². The molecule has 0 fully saturated rings. The molecule has 4 rings (SSSR count). The summed E-state index contributed by atoms with van der Waals surface area (Å²) in [7, 11) is -4.42. The summed E-state index contributed by atoms with van der Waals surface area (Å²) in [6.07, 6.45) is 0.928. The van der Waals surface area contributed by atoms with Crippen LogP contribution in [0.25, 0.3) is 22.3 Å². The fourth-order valence-electron chi connectivity index (χ4n) is 3.55. The Labute approximate surface area is 203 Å². The van der Waals surface area contributed by atoms with E-state index < -0.39 is 73.3 Å². The van der Waals surface area contributed by atoms with E-state index in [0.29, 0.717) is 4.68 Å². The number of primary sulfonamides is 1. The molecule has 0 amide bonds. The number of nitrogens with zero attached hydrogens (tertiary/aromatic N) is 2. The maximum atomic E-state index is 14.5. The number of sulfonamides is 1. The predicted octanol–water partition coefficient (Wildman–Crippen LogP) is 4.25. The van der Waals surface area contributed by atoms with Gasteiger partial charge in [0.05, 0.1) is 23.9 Å². The lowest BCUT2D eigenvalue weighted by atomic mass is 9.97. The van der Waals surface area contributed by atoms with E-state index in [4.69, 9.17) is 5.14 Å². The maximum Gasteiger partial charge on any atom is 0.275 e. The van der Waals surface area contributed by atoms with E-state index in [1.165, 1.54) is 0 Å². The van der Waals surface area contributed by atoms with Gasteiger partial charge in [-0.25, -0.2) is 49.0 Å². The zero-order valence-corrected chi connectivity index (χ0v) is 18.9. The molecule has 0 spiro atoms. The molecular weight excluding hydrogens is 531 g/mol. The summed E-state index contributed by atoms with van der Waals surface area (Å²) in [6.45, 7) is -1.18. The molecule has 0 atom stereocenters. The number of nitrogens with two attached hydrogens (primary N) is 1. The van der Waals surface area contributed by atoms with Crippen LogP contribution in [0, 0.1) is 40.7 Å². The molecule has 0 radical (unpaired) electrons. The summed E-state index contributed by atoms with van der Waals surface area (Å²) in [5.74, 6) is -13.1. The first kappa shape index (κ1) is 26.0. The van der Waals surface area contributed by atoms with Crippen LogP contribution in [0.15, 0.2) is 58.4 Å². The van der Waals surface area contributed by atoms with Crippen molar-refractivity contribution in [1.29, 1.82) is 0 Å². The molecule has 14 heteroatoms. The highest BCUT2D eigenvalue weighted by molar-refractivity contribution is 7.89. The van der Waals surface area contributed by atoms with Crippen LogP contribution in [-0.4, -0.2) is 18.2 Å². The van der Waals surface area contributed by atoms with Crippen LogP contribution in [0.3, 0.4) is 0 Å². The van der Waals surface area contributed by atoms with Crippen molar-refractivity contribution in [3.63, 3.8) is 0 Å². The van der Waals surface area contributed by atoms with Gasteiger partial charge in [0.1, 0.15) is 16.5 Å². The highest BCUT2D eigenvalue weighted by Crippen LogP contribution is 2.31. The van der Waals surface area contributed by atoms with Crippen molar-refractivity contribution in [3.05, 3.63) is 105 Å². The monoisotopic (exact) mass is 543 g/mol. The van der Waals surface area contributed by atoms with Crippen molar-refractivity contribution in [2.75, 3.05) is 0 Å². The standard InChI is InChI=1S/C23H12F7N3O3S/c24-12-4-1-10(2-5-12)17-13(11-3-6-16(15(25)7-11)37(31,35)36)8-32-33(23(17)34)9-14-18(26)20(28)22(30)21(29)19(14)27/h1-8H,9H2,(H2,31,35,36). The van der Waals surface area contributed by atoms with Crippen LogP contribution in [0.2, 0.25) is 0 Å². The Balaban J connectivity index is 1.95. The number of aromatic nitrogens is 2. The Hall–Kier alpha value is -4.04. The van der Waals surface area contributed by atoms with Gasteiger partial charge in [0.2, 0.25) is 15.8 Å². The van der Waals surface area contributed by atoms with Crippen molar-refractivity contribution in [2.45, 2.75) is 11.4 Å². The highest BCUT2D eigenvalue weighted by Gasteiger charge is 2.27.